The number of carbonyl (C=O) groups is 2. The second kappa shape index (κ2) is 4.25. The van der Waals surface area contributed by atoms with E-state index >= 15 is 0 Å². The second-order valence-corrected chi connectivity index (χ2v) is 6.49. The third kappa shape index (κ3) is 2.02. The molecule has 4 nitrogen and oxygen atoms in total. The summed E-state index contributed by atoms with van der Waals surface area (Å²) in [5.74, 6) is 2.38. The standard InChI is InChI=1S/C14H21NO3/c1-7(5-11(17)18)4-10(16)15-14-12-8-2-3-9(6-8)13(12)14/h7-9,12-14H,2-6H2,1H3,(H,15,16)(H,17,18). The summed E-state index contributed by atoms with van der Waals surface area (Å²) < 4.78 is 0. The van der Waals surface area contributed by atoms with Gasteiger partial charge in [0.15, 0.2) is 0 Å². The van der Waals surface area contributed by atoms with Gasteiger partial charge >= 0.3 is 5.97 Å². The Balaban J connectivity index is 1.45. The molecule has 3 saturated carbocycles. The summed E-state index contributed by atoms with van der Waals surface area (Å²) >= 11 is 0. The molecule has 4 heteroatoms. The minimum atomic E-state index is -0.823. The minimum Gasteiger partial charge on any atom is -0.481 e. The number of hydrogen-bond donors (Lipinski definition) is 2. The van der Waals surface area contributed by atoms with Crippen LogP contribution in [0.1, 0.15) is 39.0 Å². The van der Waals surface area contributed by atoms with Crippen LogP contribution in [0.2, 0.25) is 0 Å². The lowest BCUT2D eigenvalue weighted by Crippen LogP contribution is -2.31. The number of fused-ring (bicyclic) bond motifs is 5. The van der Waals surface area contributed by atoms with Gasteiger partial charge in [-0.3, -0.25) is 9.59 Å². The van der Waals surface area contributed by atoms with Crippen molar-refractivity contribution in [3.8, 4) is 0 Å². The van der Waals surface area contributed by atoms with E-state index < -0.39 is 5.97 Å². The Morgan fingerprint density at radius 1 is 1.22 bits per heavy atom. The lowest BCUT2D eigenvalue weighted by Gasteiger charge is -2.12. The van der Waals surface area contributed by atoms with E-state index in [1.165, 1.54) is 19.3 Å². The number of nitrogens with one attached hydrogen (secondary N) is 1. The summed E-state index contributed by atoms with van der Waals surface area (Å²) in [4.78, 5) is 22.4. The Morgan fingerprint density at radius 2 is 1.83 bits per heavy atom. The fraction of sp³-hybridized carbons (Fsp3) is 0.857. The molecular weight excluding hydrogens is 230 g/mol. The van der Waals surface area contributed by atoms with Crippen LogP contribution in [0.25, 0.3) is 0 Å². The van der Waals surface area contributed by atoms with E-state index in [0.29, 0.717) is 12.5 Å². The van der Waals surface area contributed by atoms with Gasteiger partial charge in [0.25, 0.3) is 0 Å². The van der Waals surface area contributed by atoms with Gasteiger partial charge in [-0.2, -0.15) is 0 Å². The van der Waals surface area contributed by atoms with Crippen LogP contribution in [0.3, 0.4) is 0 Å². The van der Waals surface area contributed by atoms with Gasteiger partial charge in [0.05, 0.1) is 0 Å². The maximum atomic E-state index is 11.8. The molecule has 5 unspecified atom stereocenters. The molecule has 100 valence electrons. The van der Waals surface area contributed by atoms with Crippen LogP contribution in [0.15, 0.2) is 0 Å². The number of carbonyl (C=O) groups excluding carboxylic acids is 1. The summed E-state index contributed by atoms with van der Waals surface area (Å²) in [5, 5.41) is 11.8. The quantitative estimate of drug-likeness (QED) is 0.780. The minimum absolute atomic E-state index is 0.0440. The van der Waals surface area contributed by atoms with E-state index in [4.69, 9.17) is 5.11 Å². The first kappa shape index (κ1) is 12.0. The van der Waals surface area contributed by atoms with Crippen molar-refractivity contribution in [3.63, 3.8) is 0 Å². The van der Waals surface area contributed by atoms with Crippen molar-refractivity contribution in [1.29, 1.82) is 0 Å². The molecule has 0 aromatic heterocycles. The van der Waals surface area contributed by atoms with E-state index in [9.17, 15) is 9.59 Å². The normalized spacial score (nSPS) is 41.3. The molecule has 2 bridgehead atoms. The maximum Gasteiger partial charge on any atom is 0.303 e. The molecule has 2 N–H and O–H groups in total. The highest BCUT2D eigenvalue weighted by atomic mass is 16.4. The fourth-order valence-electron chi connectivity index (χ4n) is 4.45. The predicted molar refractivity (Wildman–Crippen MR) is 65.8 cm³/mol. The zero-order valence-electron chi connectivity index (χ0n) is 10.8. The van der Waals surface area contributed by atoms with Gasteiger partial charge in [0.1, 0.15) is 0 Å². The fourth-order valence-corrected chi connectivity index (χ4v) is 4.45. The predicted octanol–water partition coefficient (Wildman–Crippen LogP) is 1.65. The molecule has 3 rings (SSSR count). The molecule has 5 atom stereocenters. The van der Waals surface area contributed by atoms with Crippen LogP contribution in [-0.4, -0.2) is 23.0 Å². The Morgan fingerprint density at radius 3 is 2.39 bits per heavy atom. The number of rotatable bonds is 5. The third-order valence-electron chi connectivity index (χ3n) is 5.12. The smallest absolute Gasteiger partial charge is 0.303 e. The summed E-state index contributed by atoms with van der Waals surface area (Å²) in [6.45, 7) is 1.82. The van der Waals surface area contributed by atoms with E-state index in [0.717, 1.165) is 23.7 Å². The molecular formula is C14H21NO3. The molecule has 0 aromatic carbocycles. The van der Waals surface area contributed by atoms with Crippen molar-refractivity contribution in [3.05, 3.63) is 0 Å². The summed E-state index contributed by atoms with van der Waals surface area (Å²) in [6.07, 6.45) is 4.52. The molecule has 3 aliphatic carbocycles. The van der Waals surface area contributed by atoms with Crippen molar-refractivity contribution in [2.75, 3.05) is 0 Å². The van der Waals surface area contributed by atoms with Crippen molar-refractivity contribution < 1.29 is 14.7 Å². The number of hydrogen-bond acceptors (Lipinski definition) is 2. The van der Waals surface area contributed by atoms with Gasteiger partial charge in [0, 0.05) is 18.9 Å². The number of carboxylic acid groups (broad SMARTS) is 1. The first-order valence-corrected chi connectivity index (χ1v) is 7.07. The van der Waals surface area contributed by atoms with Crippen LogP contribution >= 0.6 is 0 Å². The number of carboxylic acids is 1. The van der Waals surface area contributed by atoms with E-state index in [1.54, 1.807) is 0 Å². The van der Waals surface area contributed by atoms with Gasteiger partial charge in [-0.15, -0.1) is 0 Å². The Kier molecular flexibility index (Phi) is 2.83. The molecule has 3 fully saturated rings. The van der Waals surface area contributed by atoms with Gasteiger partial charge in [-0.1, -0.05) is 6.92 Å². The summed E-state index contributed by atoms with van der Waals surface area (Å²) in [6, 6.07) is 0.417. The number of amides is 1. The average molecular weight is 251 g/mol. The first-order chi connectivity index (χ1) is 8.56. The van der Waals surface area contributed by atoms with Gasteiger partial charge in [-0.25, -0.2) is 0 Å². The average Bonchev–Trinajstić information content (AvgIpc) is 2.69. The Hall–Kier alpha value is -1.06. The highest BCUT2D eigenvalue weighted by Crippen LogP contribution is 2.65. The van der Waals surface area contributed by atoms with Crippen molar-refractivity contribution >= 4 is 11.9 Å². The van der Waals surface area contributed by atoms with E-state index in [-0.39, 0.29) is 18.2 Å². The summed E-state index contributed by atoms with van der Waals surface area (Å²) in [7, 11) is 0. The van der Waals surface area contributed by atoms with Gasteiger partial charge in [-0.05, 0) is 48.9 Å². The molecule has 0 aromatic rings. The first-order valence-electron chi connectivity index (χ1n) is 7.07. The SMILES string of the molecule is CC(CC(=O)O)CC(=O)NC1C2C3CCC(C3)C12. The van der Waals surface area contributed by atoms with Crippen LogP contribution in [-0.2, 0) is 9.59 Å². The highest BCUT2D eigenvalue weighted by Gasteiger charge is 2.65. The van der Waals surface area contributed by atoms with Crippen LogP contribution in [0.5, 0.6) is 0 Å². The molecule has 1 amide bonds. The molecule has 0 heterocycles. The van der Waals surface area contributed by atoms with Crippen molar-refractivity contribution in [2.24, 2.45) is 29.6 Å². The van der Waals surface area contributed by atoms with Gasteiger partial charge in [0.2, 0.25) is 5.91 Å². The van der Waals surface area contributed by atoms with Crippen molar-refractivity contribution in [1.82, 2.24) is 5.32 Å². The Bertz CT molecular complexity index is 365. The highest BCUT2D eigenvalue weighted by molar-refractivity contribution is 5.78. The molecule has 0 spiro atoms. The number of aliphatic carboxylic acids is 1. The molecule has 0 saturated heterocycles. The lowest BCUT2D eigenvalue weighted by molar-refractivity contribution is -0.138. The largest absolute Gasteiger partial charge is 0.481 e. The van der Waals surface area contributed by atoms with Crippen LogP contribution in [0, 0.1) is 29.6 Å². The van der Waals surface area contributed by atoms with Crippen molar-refractivity contribution in [2.45, 2.75) is 45.1 Å². The van der Waals surface area contributed by atoms with Gasteiger partial charge < -0.3 is 10.4 Å². The van der Waals surface area contributed by atoms with E-state index in [1.807, 2.05) is 6.92 Å². The summed E-state index contributed by atoms with van der Waals surface area (Å²) in [5.41, 5.74) is 0. The van der Waals surface area contributed by atoms with Crippen LogP contribution < -0.4 is 5.32 Å². The third-order valence-corrected chi connectivity index (χ3v) is 5.12. The zero-order valence-corrected chi connectivity index (χ0v) is 10.8. The monoisotopic (exact) mass is 251 g/mol. The zero-order chi connectivity index (χ0) is 12.9. The lowest BCUT2D eigenvalue weighted by atomic mass is 10.0. The Labute approximate surface area is 107 Å². The molecule has 0 aliphatic heterocycles. The second-order valence-electron chi connectivity index (χ2n) is 6.49. The molecule has 18 heavy (non-hydrogen) atoms. The topological polar surface area (TPSA) is 66.4 Å². The maximum absolute atomic E-state index is 11.8. The van der Waals surface area contributed by atoms with E-state index in [2.05, 4.69) is 5.32 Å². The molecule has 3 aliphatic rings. The van der Waals surface area contributed by atoms with Crippen LogP contribution in [0.4, 0.5) is 0 Å². The molecule has 0 radical (unpaired) electrons.